The summed E-state index contributed by atoms with van der Waals surface area (Å²) in [4.78, 5) is 18.9. The first-order valence-electron chi connectivity index (χ1n) is 8.94. The summed E-state index contributed by atoms with van der Waals surface area (Å²) in [5.41, 5.74) is 1.07. The Hall–Kier alpha value is -1.84. The quantitative estimate of drug-likeness (QED) is 0.847. The van der Waals surface area contributed by atoms with Crippen molar-refractivity contribution < 1.29 is 4.79 Å². The van der Waals surface area contributed by atoms with Gasteiger partial charge in [-0.1, -0.05) is 31.1 Å². The van der Waals surface area contributed by atoms with Crippen LogP contribution < -0.4 is 10.2 Å². The summed E-state index contributed by atoms with van der Waals surface area (Å²) in [5, 5.41) is 3.01. The van der Waals surface area contributed by atoms with Crippen molar-refractivity contribution in [3.63, 3.8) is 0 Å². The van der Waals surface area contributed by atoms with E-state index in [-0.39, 0.29) is 5.91 Å². The lowest BCUT2D eigenvalue weighted by molar-refractivity contribution is -0.121. The molecule has 0 unspecified atom stereocenters. The second-order valence-electron chi connectivity index (χ2n) is 6.67. The number of nitrogens with one attached hydrogen (secondary N) is 1. The molecule has 1 atom stereocenters. The van der Waals surface area contributed by atoms with Crippen molar-refractivity contribution in [2.24, 2.45) is 5.92 Å². The summed E-state index contributed by atoms with van der Waals surface area (Å²) in [6.45, 7) is 2.79. The zero-order valence-electron chi connectivity index (χ0n) is 13.8. The number of rotatable bonds is 5. The van der Waals surface area contributed by atoms with E-state index in [1.54, 1.807) is 0 Å². The van der Waals surface area contributed by atoms with Gasteiger partial charge in [-0.15, -0.1) is 0 Å². The van der Waals surface area contributed by atoms with Gasteiger partial charge in [-0.2, -0.15) is 0 Å². The fourth-order valence-electron chi connectivity index (χ4n) is 3.38. The van der Waals surface area contributed by atoms with Crippen LogP contribution in [0, 0.1) is 5.92 Å². The highest BCUT2D eigenvalue weighted by molar-refractivity contribution is 5.76. The van der Waals surface area contributed by atoms with Crippen molar-refractivity contribution in [3.05, 3.63) is 36.0 Å². The molecule has 0 radical (unpaired) electrons. The van der Waals surface area contributed by atoms with E-state index in [2.05, 4.69) is 39.5 Å². The van der Waals surface area contributed by atoms with Crippen molar-refractivity contribution in [1.29, 1.82) is 0 Å². The van der Waals surface area contributed by atoms with E-state index in [0.717, 1.165) is 37.3 Å². The minimum atomic E-state index is 0.137. The van der Waals surface area contributed by atoms with Crippen molar-refractivity contribution in [1.82, 2.24) is 10.3 Å². The third-order valence-electron chi connectivity index (χ3n) is 4.79. The number of pyridine rings is 1. The molecular formula is C19H27N3O. The highest BCUT2D eigenvalue weighted by atomic mass is 16.1. The fourth-order valence-corrected chi connectivity index (χ4v) is 3.38. The number of aromatic nitrogens is 1. The molecule has 2 aliphatic rings. The molecule has 0 aromatic carbocycles. The molecule has 3 rings (SSSR count). The Morgan fingerprint density at radius 2 is 2.04 bits per heavy atom. The molecule has 2 heterocycles. The molecule has 0 bridgehead atoms. The molecule has 1 fully saturated rings. The second kappa shape index (κ2) is 8.14. The van der Waals surface area contributed by atoms with Gasteiger partial charge in [0.1, 0.15) is 5.82 Å². The summed E-state index contributed by atoms with van der Waals surface area (Å²) < 4.78 is 0. The Kier molecular flexibility index (Phi) is 5.67. The van der Waals surface area contributed by atoms with E-state index >= 15 is 0 Å². The zero-order chi connectivity index (χ0) is 15.9. The van der Waals surface area contributed by atoms with Gasteiger partial charge in [-0.25, -0.2) is 4.98 Å². The van der Waals surface area contributed by atoms with Crippen molar-refractivity contribution in [2.45, 2.75) is 51.5 Å². The van der Waals surface area contributed by atoms with Crippen molar-refractivity contribution >= 4 is 11.7 Å². The fraction of sp³-hybridized carbons (Fsp3) is 0.579. The smallest absolute Gasteiger partial charge is 0.220 e. The molecule has 0 spiro atoms. The first-order chi connectivity index (χ1) is 11.3. The van der Waals surface area contributed by atoms with E-state index in [4.69, 9.17) is 0 Å². The SMILES string of the molecule is O=C(C[C@H]1C=CCC1)NCc1ccc(N2CCCCCC2)nc1. The lowest BCUT2D eigenvalue weighted by Gasteiger charge is -2.21. The average molecular weight is 313 g/mol. The molecule has 1 aromatic rings. The number of anilines is 1. The molecule has 124 valence electrons. The van der Waals surface area contributed by atoms with Crippen LogP contribution in [0.5, 0.6) is 0 Å². The molecule has 1 N–H and O–H groups in total. The molecule has 1 aliphatic heterocycles. The van der Waals surface area contributed by atoms with Gasteiger partial charge >= 0.3 is 0 Å². The molecule has 4 nitrogen and oxygen atoms in total. The lowest BCUT2D eigenvalue weighted by atomic mass is 10.1. The van der Waals surface area contributed by atoms with E-state index in [0.29, 0.717) is 18.9 Å². The number of hydrogen-bond acceptors (Lipinski definition) is 3. The molecule has 1 aromatic heterocycles. The van der Waals surface area contributed by atoms with Gasteiger partial charge in [0, 0.05) is 32.3 Å². The molecular weight excluding hydrogens is 286 g/mol. The number of amides is 1. The number of nitrogens with zero attached hydrogens (tertiary/aromatic N) is 2. The van der Waals surface area contributed by atoms with Gasteiger partial charge in [0.05, 0.1) is 0 Å². The third-order valence-corrected chi connectivity index (χ3v) is 4.79. The summed E-state index contributed by atoms with van der Waals surface area (Å²) in [7, 11) is 0. The van der Waals surface area contributed by atoms with Crippen LogP contribution in [0.1, 0.15) is 50.5 Å². The van der Waals surface area contributed by atoms with Crippen LogP contribution in [0.25, 0.3) is 0 Å². The summed E-state index contributed by atoms with van der Waals surface area (Å²) in [6.07, 6.45) is 14.2. The monoisotopic (exact) mass is 313 g/mol. The van der Waals surface area contributed by atoms with Crippen molar-refractivity contribution in [2.75, 3.05) is 18.0 Å². The van der Waals surface area contributed by atoms with Crippen molar-refractivity contribution in [3.8, 4) is 0 Å². The van der Waals surface area contributed by atoms with E-state index in [9.17, 15) is 4.79 Å². The number of carbonyl (C=O) groups excluding carboxylic acids is 1. The average Bonchev–Trinajstić information content (AvgIpc) is 2.93. The van der Waals surface area contributed by atoms with Crippen LogP contribution >= 0.6 is 0 Å². The standard InChI is InChI=1S/C19H27N3O/c23-19(13-16-7-3-4-8-16)21-15-17-9-10-18(20-14-17)22-11-5-1-2-6-12-22/h3,7,9-10,14,16H,1-2,4-6,8,11-13,15H2,(H,21,23)/t16-/m0/s1. The van der Waals surface area contributed by atoms with E-state index in [1.807, 2.05) is 6.20 Å². The predicted octanol–water partition coefficient (Wildman–Crippen LogP) is 3.43. The molecule has 1 saturated heterocycles. The summed E-state index contributed by atoms with van der Waals surface area (Å²) in [6, 6.07) is 4.18. The Bertz CT molecular complexity index is 530. The topological polar surface area (TPSA) is 45.2 Å². The summed E-state index contributed by atoms with van der Waals surface area (Å²) in [5.74, 6) is 1.63. The minimum Gasteiger partial charge on any atom is -0.357 e. The maximum absolute atomic E-state index is 12.0. The largest absolute Gasteiger partial charge is 0.357 e. The van der Waals surface area contributed by atoms with Gasteiger partial charge in [0.15, 0.2) is 0 Å². The number of allylic oxidation sites excluding steroid dienone is 2. The van der Waals surface area contributed by atoms with Gasteiger partial charge in [-0.3, -0.25) is 4.79 Å². The van der Waals surface area contributed by atoms with Gasteiger partial charge in [0.2, 0.25) is 5.91 Å². The summed E-state index contributed by atoms with van der Waals surface area (Å²) >= 11 is 0. The van der Waals surface area contributed by atoms with Gasteiger partial charge in [0.25, 0.3) is 0 Å². The highest BCUT2D eigenvalue weighted by Crippen LogP contribution is 2.20. The van der Waals surface area contributed by atoms with E-state index in [1.165, 1.54) is 25.7 Å². The molecule has 23 heavy (non-hydrogen) atoms. The Labute approximate surface area is 139 Å². The van der Waals surface area contributed by atoms with E-state index < -0.39 is 0 Å². The van der Waals surface area contributed by atoms with Crippen LogP contribution in [0.4, 0.5) is 5.82 Å². The molecule has 4 heteroatoms. The first kappa shape index (κ1) is 16.0. The highest BCUT2D eigenvalue weighted by Gasteiger charge is 2.14. The maximum Gasteiger partial charge on any atom is 0.220 e. The van der Waals surface area contributed by atoms with Crippen LogP contribution in [0.2, 0.25) is 0 Å². The Morgan fingerprint density at radius 3 is 2.70 bits per heavy atom. The molecule has 1 amide bonds. The minimum absolute atomic E-state index is 0.137. The van der Waals surface area contributed by atoms with Gasteiger partial charge in [-0.05, 0) is 43.2 Å². The lowest BCUT2D eigenvalue weighted by Crippen LogP contribution is -2.26. The first-order valence-corrected chi connectivity index (χ1v) is 8.94. The predicted molar refractivity (Wildman–Crippen MR) is 93.2 cm³/mol. The Morgan fingerprint density at radius 1 is 1.22 bits per heavy atom. The number of hydrogen-bond donors (Lipinski definition) is 1. The van der Waals surface area contributed by atoms with Crippen LogP contribution in [-0.2, 0) is 11.3 Å². The van der Waals surface area contributed by atoms with Crippen LogP contribution in [0.15, 0.2) is 30.5 Å². The van der Waals surface area contributed by atoms with Crippen LogP contribution in [-0.4, -0.2) is 24.0 Å². The maximum atomic E-state index is 12.0. The second-order valence-corrected chi connectivity index (χ2v) is 6.67. The Balaban J connectivity index is 1.47. The molecule has 0 saturated carbocycles. The third kappa shape index (κ3) is 4.81. The zero-order valence-corrected chi connectivity index (χ0v) is 13.8. The number of carbonyl (C=O) groups is 1. The molecule has 1 aliphatic carbocycles. The van der Waals surface area contributed by atoms with Crippen LogP contribution in [0.3, 0.4) is 0 Å². The van der Waals surface area contributed by atoms with Gasteiger partial charge < -0.3 is 10.2 Å². The normalized spacial score (nSPS) is 21.2.